The molecule has 3 aromatic rings. The third-order valence-electron chi connectivity index (χ3n) is 2.95. The molecule has 1 heterocycles. The molecule has 1 aromatic heterocycles. The van der Waals surface area contributed by atoms with E-state index < -0.39 is 0 Å². The van der Waals surface area contributed by atoms with Crippen LogP contribution in [-0.4, -0.2) is 4.98 Å². The van der Waals surface area contributed by atoms with Gasteiger partial charge in [0.2, 0.25) is 0 Å². The molecule has 0 bridgehead atoms. The van der Waals surface area contributed by atoms with Gasteiger partial charge in [-0.3, -0.25) is 0 Å². The van der Waals surface area contributed by atoms with Crippen molar-refractivity contribution in [3.05, 3.63) is 52.5 Å². The molecule has 2 nitrogen and oxygen atoms in total. The molecule has 3 rings (SSSR count). The van der Waals surface area contributed by atoms with Gasteiger partial charge in [0.05, 0.1) is 10.2 Å². The van der Waals surface area contributed by atoms with E-state index in [9.17, 15) is 0 Å². The van der Waals surface area contributed by atoms with Gasteiger partial charge in [0.1, 0.15) is 0 Å². The number of nitrogens with two attached hydrogens (primary N) is 1. The lowest BCUT2D eigenvalue weighted by atomic mass is 10.1. The maximum absolute atomic E-state index is 5.90. The van der Waals surface area contributed by atoms with E-state index >= 15 is 0 Å². The van der Waals surface area contributed by atoms with Crippen LogP contribution in [0, 0.1) is 0 Å². The van der Waals surface area contributed by atoms with E-state index in [1.165, 1.54) is 4.70 Å². The van der Waals surface area contributed by atoms with Crippen molar-refractivity contribution >= 4 is 49.2 Å². The van der Waals surface area contributed by atoms with Gasteiger partial charge >= 0.3 is 0 Å². The van der Waals surface area contributed by atoms with Crippen LogP contribution in [0.15, 0.2) is 56.2 Å². The van der Waals surface area contributed by atoms with E-state index in [0.717, 1.165) is 24.8 Å². The minimum absolute atomic E-state index is 0.0489. The van der Waals surface area contributed by atoms with Crippen LogP contribution in [0.3, 0.4) is 0 Å². The summed E-state index contributed by atoms with van der Waals surface area (Å²) in [4.78, 5) is 5.80. The molecule has 102 valence electrons. The first-order chi connectivity index (χ1) is 9.63. The molecule has 0 saturated heterocycles. The first kappa shape index (κ1) is 14.1. The molecular weight excluding hydrogens is 352 g/mol. The summed E-state index contributed by atoms with van der Waals surface area (Å²) in [6, 6.07) is 14.5. The molecule has 0 unspecified atom stereocenters. The normalized spacial score (nSPS) is 12.8. The average Bonchev–Trinajstić information content (AvgIpc) is 2.83. The van der Waals surface area contributed by atoms with Gasteiger partial charge in [-0.25, -0.2) is 4.98 Å². The van der Waals surface area contributed by atoms with Crippen LogP contribution in [0.1, 0.15) is 18.5 Å². The number of rotatable bonds is 3. The highest BCUT2D eigenvalue weighted by atomic mass is 79.9. The maximum Gasteiger partial charge on any atom is 0.155 e. The molecule has 0 saturated carbocycles. The fourth-order valence-corrected chi connectivity index (χ4v) is 4.54. The van der Waals surface area contributed by atoms with Crippen LogP contribution in [-0.2, 0) is 0 Å². The topological polar surface area (TPSA) is 38.9 Å². The Labute approximate surface area is 134 Å². The third kappa shape index (κ3) is 2.91. The molecule has 0 amide bonds. The second-order valence-corrected chi connectivity index (χ2v) is 7.70. The van der Waals surface area contributed by atoms with Gasteiger partial charge in [-0.15, -0.1) is 11.3 Å². The molecule has 1 atom stereocenters. The summed E-state index contributed by atoms with van der Waals surface area (Å²) < 4.78 is 3.34. The summed E-state index contributed by atoms with van der Waals surface area (Å²) in [5.74, 6) is 0. The highest BCUT2D eigenvalue weighted by Gasteiger charge is 2.09. The summed E-state index contributed by atoms with van der Waals surface area (Å²) in [5.41, 5.74) is 8.09. The van der Waals surface area contributed by atoms with Crippen LogP contribution < -0.4 is 5.73 Å². The van der Waals surface area contributed by atoms with E-state index in [1.54, 1.807) is 23.1 Å². The van der Waals surface area contributed by atoms with E-state index in [4.69, 9.17) is 5.73 Å². The molecule has 2 N–H and O–H groups in total. The van der Waals surface area contributed by atoms with E-state index in [2.05, 4.69) is 45.2 Å². The van der Waals surface area contributed by atoms with Crippen molar-refractivity contribution in [2.24, 2.45) is 5.73 Å². The van der Waals surface area contributed by atoms with Gasteiger partial charge in [-0.1, -0.05) is 30.0 Å². The summed E-state index contributed by atoms with van der Waals surface area (Å²) >= 11 is 7.01. The third-order valence-corrected chi connectivity index (χ3v) is 6.04. The molecule has 0 fully saturated rings. The minimum Gasteiger partial charge on any atom is -0.324 e. The number of nitrogens with zero attached hydrogens (tertiary/aromatic N) is 1. The SMILES string of the molecule is C[C@@H](N)c1ccc(Sc2nc3ccccc3s2)c(Br)c1. The van der Waals surface area contributed by atoms with Gasteiger partial charge in [0.15, 0.2) is 4.34 Å². The molecule has 0 aliphatic carbocycles. The van der Waals surface area contributed by atoms with Crippen molar-refractivity contribution in [3.8, 4) is 0 Å². The van der Waals surface area contributed by atoms with Crippen molar-refractivity contribution < 1.29 is 0 Å². The van der Waals surface area contributed by atoms with Crippen LogP contribution in [0.25, 0.3) is 10.2 Å². The zero-order valence-electron chi connectivity index (χ0n) is 10.8. The molecule has 2 aromatic carbocycles. The lowest BCUT2D eigenvalue weighted by Crippen LogP contribution is -2.04. The molecule has 5 heteroatoms. The Morgan fingerprint density at radius 3 is 2.75 bits per heavy atom. The number of hydrogen-bond donors (Lipinski definition) is 1. The van der Waals surface area contributed by atoms with Crippen LogP contribution in [0.2, 0.25) is 0 Å². The fourth-order valence-electron chi connectivity index (χ4n) is 1.87. The highest BCUT2D eigenvalue weighted by Crippen LogP contribution is 2.38. The fraction of sp³-hybridized carbons (Fsp3) is 0.133. The van der Waals surface area contributed by atoms with Gasteiger partial charge in [-0.2, -0.15) is 0 Å². The standard InChI is InChI=1S/C15H13BrN2S2/c1-9(17)10-6-7-13(11(16)8-10)19-15-18-12-4-2-3-5-14(12)20-15/h2-9H,17H2,1H3/t9-/m1/s1. The number of fused-ring (bicyclic) bond motifs is 1. The Balaban J connectivity index is 1.90. The van der Waals surface area contributed by atoms with Crippen LogP contribution in [0.5, 0.6) is 0 Å². The van der Waals surface area contributed by atoms with Crippen molar-refractivity contribution in [2.45, 2.75) is 22.2 Å². The van der Waals surface area contributed by atoms with Gasteiger partial charge < -0.3 is 5.73 Å². The smallest absolute Gasteiger partial charge is 0.155 e. The summed E-state index contributed by atoms with van der Waals surface area (Å²) in [7, 11) is 0. The number of para-hydroxylation sites is 1. The Hall–Kier alpha value is -0.880. The Morgan fingerprint density at radius 2 is 2.05 bits per heavy atom. The van der Waals surface area contributed by atoms with Gasteiger partial charge in [0, 0.05) is 15.4 Å². The minimum atomic E-state index is 0.0489. The van der Waals surface area contributed by atoms with Crippen molar-refractivity contribution in [3.63, 3.8) is 0 Å². The Bertz CT molecular complexity index is 719. The summed E-state index contributed by atoms with van der Waals surface area (Å²) in [6.45, 7) is 1.99. The zero-order valence-corrected chi connectivity index (χ0v) is 14.1. The van der Waals surface area contributed by atoms with Gasteiger partial charge in [0.25, 0.3) is 0 Å². The predicted molar refractivity (Wildman–Crippen MR) is 90.5 cm³/mol. The number of thiazole rings is 1. The van der Waals surface area contributed by atoms with Crippen LogP contribution >= 0.6 is 39.0 Å². The van der Waals surface area contributed by atoms with Crippen molar-refractivity contribution in [1.82, 2.24) is 4.98 Å². The van der Waals surface area contributed by atoms with Crippen molar-refractivity contribution in [2.75, 3.05) is 0 Å². The van der Waals surface area contributed by atoms with E-state index in [1.807, 2.05) is 25.1 Å². The average molecular weight is 365 g/mol. The monoisotopic (exact) mass is 364 g/mol. The summed E-state index contributed by atoms with van der Waals surface area (Å²) in [5, 5.41) is 0. The van der Waals surface area contributed by atoms with Gasteiger partial charge in [-0.05, 0) is 52.7 Å². The molecule has 0 spiro atoms. The maximum atomic E-state index is 5.90. The number of benzene rings is 2. The molecular formula is C15H13BrN2S2. The molecule has 0 aliphatic rings. The van der Waals surface area contributed by atoms with E-state index in [0.29, 0.717) is 0 Å². The van der Waals surface area contributed by atoms with E-state index in [-0.39, 0.29) is 6.04 Å². The second kappa shape index (κ2) is 5.85. The number of halogens is 1. The summed E-state index contributed by atoms with van der Waals surface area (Å²) in [6.07, 6.45) is 0. The molecule has 20 heavy (non-hydrogen) atoms. The van der Waals surface area contributed by atoms with Crippen molar-refractivity contribution in [1.29, 1.82) is 0 Å². The number of hydrogen-bond acceptors (Lipinski definition) is 4. The second-order valence-electron chi connectivity index (χ2n) is 4.53. The Morgan fingerprint density at radius 1 is 1.25 bits per heavy atom. The largest absolute Gasteiger partial charge is 0.324 e. The molecule has 0 aliphatic heterocycles. The molecule has 0 radical (unpaired) electrons. The lowest BCUT2D eigenvalue weighted by Gasteiger charge is -2.08. The van der Waals surface area contributed by atoms with Crippen LogP contribution in [0.4, 0.5) is 0 Å². The quantitative estimate of drug-likeness (QED) is 0.691. The highest BCUT2D eigenvalue weighted by molar-refractivity contribution is 9.10. The Kier molecular flexibility index (Phi) is 4.12. The first-order valence-corrected chi connectivity index (χ1v) is 8.64. The number of aromatic nitrogens is 1. The zero-order chi connectivity index (χ0) is 14.1. The lowest BCUT2D eigenvalue weighted by molar-refractivity contribution is 0.815. The first-order valence-electron chi connectivity index (χ1n) is 6.22. The predicted octanol–water partition coefficient (Wildman–Crippen LogP) is 5.23.